The summed E-state index contributed by atoms with van der Waals surface area (Å²) < 4.78 is 0. The Kier molecular flexibility index (Phi) is 5.94. The number of nitrogens with one attached hydrogen (secondary N) is 1. The van der Waals surface area contributed by atoms with Crippen molar-refractivity contribution in [1.82, 2.24) is 9.88 Å². The number of nitriles is 1. The molecule has 152 valence electrons. The third-order valence-electron chi connectivity index (χ3n) is 5.37. The molecule has 1 aromatic carbocycles. The second-order valence-electron chi connectivity index (χ2n) is 8.72. The van der Waals surface area contributed by atoms with Crippen molar-refractivity contribution in [1.29, 1.82) is 5.26 Å². The maximum atomic E-state index is 12.8. The number of pyridine rings is 1. The van der Waals surface area contributed by atoms with Crippen molar-refractivity contribution in [3.63, 3.8) is 0 Å². The normalized spacial score (nSPS) is 17.0. The first kappa shape index (κ1) is 20.9. The Morgan fingerprint density at radius 2 is 1.93 bits per heavy atom. The number of hydrogen-bond acceptors (Lipinski definition) is 4. The van der Waals surface area contributed by atoms with Gasteiger partial charge in [-0.2, -0.15) is 5.26 Å². The maximum absolute atomic E-state index is 12.8. The number of anilines is 2. The summed E-state index contributed by atoms with van der Waals surface area (Å²) in [5.74, 6) is 0.887. The van der Waals surface area contributed by atoms with Crippen molar-refractivity contribution in [2.45, 2.75) is 39.5 Å². The molecule has 1 aliphatic heterocycles. The van der Waals surface area contributed by atoms with E-state index in [1.54, 1.807) is 6.20 Å². The third-order valence-corrected chi connectivity index (χ3v) is 7.44. The van der Waals surface area contributed by atoms with Gasteiger partial charge in [0.25, 0.3) is 0 Å². The fourth-order valence-electron chi connectivity index (χ4n) is 3.66. The minimum Gasteiger partial charge on any atom is -0.353 e. The van der Waals surface area contributed by atoms with E-state index in [9.17, 15) is 4.79 Å². The monoisotopic (exact) mass is 407 g/mol. The molecule has 1 aromatic heterocycles. The van der Waals surface area contributed by atoms with Gasteiger partial charge in [-0.1, -0.05) is 37.0 Å². The van der Waals surface area contributed by atoms with Crippen LogP contribution in [0.4, 0.5) is 16.3 Å². The van der Waals surface area contributed by atoms with Gasteiger partial charge in [0.2, 0.25) is 0 Å². The van der Waals surface area contributed by atoms with Crippen LogP contribution in [0.1, 0.15) is 18.1 Å². The minimum atomic E-state index is -1.34. The Morgan fingerprint density at radius 3 is 2.48 bits per heavy atom. The van der Waals surface area contributed by atoms with Crippen LogP contribution in [0.5, 0.6) is 0 Å². The van der Waals surface area contributed by atoms with Crippen LogP contribution in [0, 0.1) is 18.3 Å². The number of carbonyl (C=O) groups is 1. The van der Waals surface area contributed by atoms with Gasteiger partial charge < -0.3 is 15.1 Å². The largest absolute Gasteiger partial charge is 0.353 e. The van der Waals surface area contributed by atoms with E-state index in [1.165, 1.54) is 5.19 Å². The Hall–Kier alpha value is -2.85. The fourth-order valence-corrected chi connectivity index (χ4v) is 4.83. The van der Waals surface area contributed by atoms with E-state index in [-0.39, 0.29) is 12.1 Å². The Morgan fingerprint density at radius 1 is 1.24 bits per heavy atom. The smallest absolute Gasteiger partial charge is 0.322 e. The second-order valence-corrected chi connectivity index (χ2v) is 13.8. The average molecular weight is 408 g/mol. The Labute approximate surface area is 174 Å². The lowest BCUT2D eigenvalue weighted by molar-refractivity contribution is 0.184. The zero-order chi connectivity index (χ0) is 21.2. The zero-order valence-corrected chi connectivity index (χ0v) is 18.9. The van der Waals surface area contributed by atoms with Crippen LogP contribution in [0.2, 0.25) is 19.6 Å². The van der Waals surface area contributed by atoms with E-state index in [0.717, 1.165) is 17.1 Å². The first-order valence-corrected chi connectivity index (χ1v) is 13.5. The van der Waals surface area contributed by atoms with Crippen molar-refractivity contribution in [2.24, 2.45) is 0 Å². The summed E-state index contributed by atoms with van der Waals surface area (Å²) in [6.07, 6.45) is 1.61. The van der Waals surface area contributed by atoms with E-state index >= 15 is 0 Å². The summed E-state index contributed by atoms with van der Waals surface area (Å²) in [6.45, 7) is 13.0. The molecule has 1 saturated heterocycles. The number of hydrogen-bond donors (Lipinski definition) is 1. The number of aryl methyl sites for hydroxylation is 1. The standard InChI is InChI=1S/C22H29N5OSi/c1-16-12-18(13-23)14-24-21(16)26-10-11-27(17(2)15-26)22(28)25-19-6-8-20(9-7-19)29(3,4)5/h6-9,12,14,17H,10-11,15H2,1-5H3,(H,25,28). The zero-order valence-electron chi connectivity index (χ0n) is 17.9. The molecule has 1 atom stereocenters. The molecule has 1 unspecified atom stereocenters. The van der Waals surface area contributed by atoms with Gasteiger partial charge in [-0.25, -0.2) is 9.78 Å². The molecule has 3 rings (SSSR count). The first-order valence-electron chi connectivity index (χ1n) is 9.99. The van der Waals surface area contributed by atoms with E-state index in [2.05, 4.69) is 60.0 Å². The number of carbonyl (C=O) groups excluding carboxylic acids is 1. The van der Waals surface area contributed by atoms with Gasteiger partial charge in [-0.15, -0.1) is 0 Å². The lowest BCUT2D eigenvalue weighted by atomic mass is 10.1. The minimum absolute atomic E-state index is 0.0573. The van der Waals surface area contributed by atoms with Crippen molar-refractivity contribution >= 4 is 30.8 Å². The van der Waals surface area contributed by atoms with Crippen molar-refractivity contribution in [3.8, 4) is 6.07 Å². The third kappa shape index (κ3) is 4.77. The highest BCUT2D eigenvalue weighted by molar-refractivity contribution is 6.88. The molecule has 1 fully saturated rings. The first-order chi connectivity index (χ1) is 13.7. The van der Waals surface area contributed by atoms with Crippen LogP contribution in [0.3, 0.4) is 0 Å². The van der Waals surface area contributed by atoms with Crippen LogP contribution in [-0.4, -0.2) is 49.7 Å². The number of benzene rings is 1. The van der Waals surface area contributed by atoms with Gasteiger partial charge in [-0.3, -0.25) is 0 Å². The van der Waals surface area contributed by atoms with E-state index in [1.807, 2.05) is 30.0 Å². The number of rotatable bonds is 3. The van der Waals surface area contributed by atoms with Crippen LogP contribution < -0.4 is 15.4 Å². The highest BCUT2D eigenvalue weighted by Crippen LogP contribution is 2.22. The Balaban J connectivity index is 1.63. The molecule has 0 radical (unpaired) electrons. The average Bonchev–Trinajstić information content (AvgIpc) is 2.67. The topological polar surface area (TPSA) is 72.3 Å². The molecule has 1 aliphatic rings. The van der Waals surface area contributed by atoms with Crippen molar-refractivity contribution < 1.29 is 4.79 Å². The molecule has 0 saturated carbocycles. The molecule has 29 heavy (non-hydrogen) atoms. The SMILES string of the molecule is Cc1cc(C#N)cnc1N1CCN(C(=O)Nc2ccc([Si](C)(C)C)cc2)C(C)C1. The fraction of sp³-hybridized carbons (Fsp3) is 0.409. The lowest BCUT2D eigenvalue weighted by Gasteiger charge is -2.40. The molecular formula is C22H29N5OSi. The van der Waals surface area contributed by atoms with Gasteiger partial charge >= 0.3 is 6.03 Å². The number of amides is 2. The summed E-state index contributed by atoms with van der Waals surface area (Å²) in [5, 5.41) is 13.4. The molecule has 6 nitrogen and oxygen atoms in total. The Bertz CT molecular complexity index is 930. The summed E-state index contributed by atoms with van der Waals surface area (Å²) >= 11 is 0. The predicted octanol–water partition coefficient (Wildman–Crippen LogP) is 3.55. The number of urea groups is 1. The van der Waals surface area contributed by atoms with Crippen LogP contribution in [0.15, 0.2) is 36.5 Å². The van der Waals surface area contributed by atoms with Crippen LogP contribution in [-0.2, 0) is 0 Å². The highest BCUT2D eigenvalue weighted by Gasteiger charge is 2.29. The molecule has 0 aliphatic carbocycles. The second kappa shape index (κ2) is 8.25. The van der Waals surface area contributed by atoms with Gasteiger partial charge in [0.1, 0.15) is 11.9 Å². The van der Waals surface area contributed by atoms with Crippen molar-refractivity contribution in [3.05, 3.63) is 47.7 Å². The van der Waals surface area contributed by atoms with E-state index in [4.69, 9.17) is 5.26 Å². The van der Waals surface area contributed by atoms with Gasteiger partial charge in [0.05, 0.1) is 13.6 Å². The van der Waals surface area contributed by atoms with Crippen molar-refractivity contribution in [2.75, 3.05) is 29.9 Å². The maximum Gasteiger partial charge on any atom is 0.322 e. The molecule has 7 heteroatoms. The molecule has 0 bridgehead atoms. The van der Waals surface area contributed by atoms with E-state index < -0.39 is 8.07 Å². The lowest BCUT2D eigenvalue weighted by Crippen LogP contribution is -2.55. The number of piperazine rings is 1. The van der Waals surface area contributed by atoms with Crippen LogP contribution >= 0.6 is 0 Å². The summed E-state index contributed by atoms with van der Waals surface area (Å²) in [4.78, 5) is 21.3. The molecule has 2 amide bonds. The van der Waals surface area contributed by atoms with Crippen LogP contribution in [0.25, 0.3) is 0 Å². The summed E-state index contributed by atoms with van der Waals surface area (Å²) in [7, 11) is -1.34. The highest BCUT2D eigenvalue weighted by atomic mass is 28.3. The number of aromatic nitrogens is 1. The van der Waals surface area contributed by atoms with Gasteiger partial charge in [-0.05, 0) is 37.6 Å². The van der Waals surface area contributed by atoms with Gasteiger partial charge in [0, 0.05) is 37.6 Å². The molecule has 2 aromatic rings. The summed E-state index contributed by atoms with van der Waals surface area (Å²) in [5.41, 5.74) is 2.38. The molecular weight excluding hydrogens is 378 g/mol. The molecule has 2 heterocycles. The van der Waals surface area contributed by atoms with E-state index in [0.29, 0.717) is 25.2 Å². The summed E-state index contributed by atoms with van der Waals surface area (Å²) in [6, 6.07) is 12.2. The predicted molar refractivity (Wildman–Crippen MR) is 121 cm³/mol. The molecule has 1 N–H and O–H groups in total. The molecule has 0 spiro atoms. The van der Waals surface area contributed by atoms with Gasteiger partial charge in [0.15, 0.2) is 0 Å². The quantitative estimate of drug-likeness (QED) is 0.790. The number of nitrogens with zero attached hydrogens (tertiary/aromatic N) is 4.